The van der Waals surface area contributed by atoms with E-state index < -0.39 is 9.84 Å². The van der Waals surface area contributed by atoms with Crippen LogP contribution in [0.4, 0.5) is 0 Å². The molecule has 3 rings (SSSR count). The lowest BCUT2D eigenvalue weighted by molar-refractivity contribution is 0.128. The van der Waals surface area contributed by atoms with E-state index in [9.17, 15) is 8.42 Å². The lowest BCUT2D eigenvalue weighted by atomic mass is 10.1. The summed E-state index contributed by atoms with van der Waals surface area (Å²) in [5, 5.41) is 7.46. The van der Waals surface area contributed by atoms with Crippen molar-refractivity contribution in [2.45, 2.75) is 35.3 Å². The van der Waals surface area contributed by atoms with Crippen molar-refractivity contribution in [3.63, 3.8) is 0 Å². The molecule has 2 N–H and O–H groups in total. The number of hydrogen-bond donors (Lipinski definition) is 2. The van der Waals surface area contributed by atoms with Crippen LogP contribution in [0.2, 0.25) is 0 Å². The zero-order valence-electron chi connectivity index (χ0n) is 13.3. The van der Waals surface area contributed by atoms with E-state index >= 15 is 0 Å². The number of sulfone groups is 1. The molecular formula is C16H24N2O3S2. The van der Waals surface area contributed by atoms with Gasteiger partial charge in [-0.3, -0.25) is 5.32 Å². The molecule has 2 aliphatic rings. The predicted molar refractivity (Wildman–Crippen MR) is 93.5 cm³/mol. The van der Waals surface area contributed by atoms with Crippen molar-refractivity contribution in [2.75, 3.05) is 31.7 Å². The molecule has 7 heteroatoms. The fraction of sp³-hybridized carbons (Fsp3) is 0.625. The van der Waals surface area contributed by atoms with Crippen LogP contribution in [0.15, 0.2) is 29.2 Å². The maximum atomic E-state index is 11.5. The largest absolute Gasteiger partial charge is 0.377 e. The highest BCUT2D eigenvalue weighted by Gasteiger charge is 2.24. The van der Waals surface area contributed by atoms with E-state index in [2.05, 4.69) is 10.6 Å². The van der Waals surface area contributed by atoms with Gasteiger partial charge in [0.2, 0.25) is 0 Å². The van der Waals surface area contributed by atoms with Gasteiger partial charge in [-0.1, -0.05) is 12.1 Å². The summed E-state index contributed by atoms with van der Waals surface area (Å²) in [5.41, 5.74) is 1.12. The summed E-state index contributed by atoms with van der Waals surface area (Å²) in [5.74, 6) is 1.03. The quantitative estimate of drug-likeness (QED) is 0.835. The van der Waals surface area contributed by atoms with E-state index in [0.29, 0.717) is 16.4 Å². The molecule has 0 saturated carbocycles. The van der Waals surface area contributed by atoms with E-state index in [1.165, 1.54) is 19.1 Å². The van der Waals surface area contributed by atoms with Gasteiger partial charge < -0.3 is 10.1 Å². The Kier molecular flexibility index (Phi) is 5.64. The van der Waals surface area contributed by atoms with Crippen LogP contribution in [0.3, 0.4) is 0 Å². The minimum Gasteiger partial charge on any atom is -0.377 e. The molecular weight excluding hydrogens is 332 g/mol. The van der Waals surface area contributed by atoms with E-state index in [0.717, 1.165) is 31.0 Å². The highest BCUT2D eigenvalue weighted by Crippen LogP contribution is 2.24. The maximum Gasteiger partial charge on any atom is 0.175 e. The van der Waals surface area contributed by atoms with Gasteiger partial charge in [0.15, 0.2) is 9.84 Å². The Balaban J connectivity index is 1.57. The summed E-state index contributed by atoms with van der Waals surface area (Å²) in [6, 6.07) is 7.40. The third-order valence-corrected chi connectivity index (χ3v) is 6.68. The average molecular weight is 357 g/mol. The average Bonchev–Trinajstić information content (AvgIpc) is 3.06. The molecule has 2 aliphatic heterocycles. The summed E-state index contributed by atoms with van der Waals surface area (Å²) < 4.78 is 28.8. The first-order valence-electron chi connectivity index (χ1n) is 8.02. The molecule has 3 atom stereocenters. The minimum atomic E-state index is -3.13. The van der Waals surface area contributed by atoms with Crippen LogP contribution in [-0.4, -0.2) is 51.6 Å². The summed E-state index contributed by atoms with van der Waals surface area (Å²) in [4.78, 5) is 0.370. The molecule has 23 heavy (non-hydrogen) atoms. The molecule has 0 aromatic heterocycles. The fourth-order valence-electron chi connectivity index (χ4n) is 2.97. The van der Waals surface area contributed by atoms with Crippen molar-refractivity contribution < 1.29 is 13.2 Å². The first-order chi connectivity index (χ1) is 11.0. The SMILES string of the molecule is CS(=O)(=O)c1ccc(C2CNCC(SC[C@H]3CCCO3)N2)cc1. The molecule has 2 saturated heterocycles. The first-order valence-corrected chi connectivity index (χ1v) is 11.0. The van der Waals surface area contributed by atoms with Gasteiger partial charge in [-0.2, -0.15) is 0 Å². The number of thioether (sulfide) groups is 1. The number of nitrogens with one attached hydrogen (secondary N) is 2. The standard InChI is InChI=1S/C16H24N2O3S2/c1-23(19,20)14-6-4-12(5-7-14)15-9-17-10-16(18-15)22-11-13-3-2-8-21-13/h4-7,13,15-18H,2-3,8-11H2,1H3/t13-,15?,16?/m1/s1. The van der Waals surface area contributed by atoms with Gasteiger partial charge in [-0.25, -0.2) is 8.42 Å². The number of rotatable bonds is 5. The van der Waals surface area contributed by atoms with Gasteiger partial charge in [-0.15, -0.1) is 11.8 Å². The number of hydrogen-bond acceptors (Lipinski definition) is 6. The Morgan fingerprint density at radius 3 is 2.70 bits per heavy atom. The van der Waals surface area contributed by atoms with Crippen molar-refractivity contribution in [3.8, 4) is 0 Å². The Bertz CT molecular complexity index is 613. The molecule has 0 aliphatic carbocycles. The van der Waals surface area contributed by atoms with E-state index in [4.69, 9.17) is 4.74 Å². The van der Waals surface area contributed by atoms with E-state index in [1.54, 1.807) is 12.1 Å². The molecule has 0 amide bonds. The number of piperazine rings is 1. The van der Waals surface area contributed by atoms with E-state index in [1.807, 2.05) is 23.9 Å². The van der Waals surface area contributed by atoms with E-state index in [-0.39, 0.29) is 6.04 Å². The summed E-state index contributed by atoms with van der Waals surface area (Å²) in [6.07, 6.45) is 3.98. The monoisotopic (exact) mass is 356 g/mol. The fourth-order valence-corrected chi connectivity index (χ4v) is 4.81. The van der Waals surface area contributed by atoms with Gasteiger partial charge in [0, 0.05) is 37.7 Å². The normalized spacial score (nSPS) is 28.8. The second-order valence-corrected chi connectivity index (χ2v) is 9.43. The van der Waals surface area contributed by atoms with Gasteiger partial charge >= 0.3 is 0 Å². The van der Waals surface area contributed by atoms with Crippen LogP contribution >= 0.6 is 11.8 Å². The smallest absolute Gasteiger partial charge is 0.175 e. The highest BCUT2D eigenvalue weighted by molar-refractivity contribution is 7.99. The highest BCUT2D eigenvalue weighted by atomic mass is 32.2. The Morgan fingerprint density at radius 2 is 2.04 bits per heavy atom. The first kappa shape index (κ1) is 17.2. The zero-order valence-corrected chi connectivity index (χ0v) is 15.0. The summed E-state index contributed by atoms with van der Waals surface area (Å²) >= 11 is 1.91. The van der Waals surface area contributed by atoms with Crippen molar-refractivity contribution in [1.29, 1.82) is 0 Å². The second-order valence-electron chi connectivity index (χ2n) is 6.18. The molecule has 5 nitrogen and oxygen atoms in total. The molecule has 0 radical (unpaired) electrons. The number of benzene rings is 1. The van der Waals surface area contributed by atoms with Crippen LogP contribution in [-0.2, 0) is 14.6 Å². The third kappa shape index (κ3) is 4.70. The van der Waals surface area contributed by atoms with Gasteiger partial charge in [0.05, 0.1) is 16.4 Å². The molecule has 0 spiro atoms. The lowest BCUT2D eigenvalue weighted by Crippen LogP contribution is -2.49. The zero-order chi connectivity index (χ0) is 16.3. The molecule has 0 bridgehead atoms. The van der Waals surface area contributed by atoms with Crippen molar-refractivity contribution in [1.82, 2.24) is 10.6 Å². The molecule has 2 unspecified atom stereocenters. The minimum absolute atomic E-state index is 0.208. The predicted octanol–water partition coefficient (Wildman–Crippen LogP) is 1.56. The van der Waals surface area contributed by atoms with Crippen molar-refractivity contribution >= 4 is 21.6 Å². The Hall–Kier alpha value is -0.600. The Labute approximate surface area is 142 Å². The maximum absolute atomic E-state index is 11.5. The van der Waals surface area contributed by atoms with Crippen molar-refractivity contribution in [2.24, 2.45) is 0 Å². The molecule has 128 valence electrons. The summed E-state index contributed by atoms with van der Waals surface area (Å²) in [6.45, 7) is 2.70. The van der Waals surface area contributed by atoms with Gasteiger partial charge in [0.25, 0.3) is 0 Å². The van der Waals surface area contributed by atoms with Crippen LogP contribution < -0.4 is 10.6 Å². The second kappa shape index (κ2) is 7.53. The van der Waals surface area contributed by atoms with Gasteiger partial charge in [-0.05, 0) is 30.5 Å². The lowest BCUT2D eigenvalue weighted by Gasteiger charge is -2.32. The molecule has 1 aromatic rings. The molecule has 1 aromatic carbocycles. The van der Waals surface area contributed by atoms with Crippen LogP contribution in [0.25, 0.3) is 0 Å². The molecule has 2 fully saturated rings. The van der Waals surface area contributed by atoms with Crippen molar-refractivity contribution in [3.05, 3.63) is 29.8 Å². The van der Waals surface area contributed by atoms with Crippen LogP contribution in [0, 0.1) is 0 Å². The topological polar surface area (TPSA) is 67.4 Å². The van der Waals surface area contributed by atoms with Crippen LogP contribution in [0.1, 0.15) is 24.4 Å². The van der Waals surface area contributed by atoms with Gasteiger partial charge in [0.1, 0.15) is 0 Å². The number of ether oxygens (including phenoxy) is 1. The Morgan fingerprint density at radius 1 is 1.26 bits per heavy atom. The third-order valence-electron chi connectivity index (χ3n) is 4.28. The van der Waals surface area contributed by atoms with Crippen LogP contribution in [0.5, 0.6) is 0 Å². The molecule has 2 heterocycles. The summed E-state index contributed by atoms with van der Waals surface area (Å²) in [7, 11) is -3.13.